The third-order valence-electron chi connectivity index (χ3n) is 4.28. The lowest BCUT2D eigenvalue weighted by atomic mass is 10.1. The number of nitrogens with zero attached hydrogens (tertiary/aromatic N) is 3. The summed E-state index contributed by atoms with van der Waals surface area (Å²) in [5.74, 6) is -0.220. The zero-order chi connectivity index (χ0) is 23.9. The van der Waals surface area contributed by atoms with Gasteiger partial charge in [-0.15, -0.1) is 0 Å². The zero-order valence-electron chi connectivity index (χ0n) is 17.2. The van der Waals surface area contributed by atoms with E-state index < -0.39 is 22.4 Å². The van der Waals surface area contributed by atoms with E-state index in [2.05, 4.69) is 21.7 Å². The molecule has 12 heteroatoms. The van der Waals surface area contributed by atoms with Gasteiger partial charge in [0.2, 0.25) is 5.91 Å². The number of benzene rings is 1. The minimum atomic E-state index is -4.67. The Balaban J connectivity index is 1.82. The van der Waals surface area contributed by atoms with E-state index in [4.69, 9.17) is 0 Å². The van der Waals surface area contributed by atoms with Crippen LogP contribution in [-0.4, -0.2) is 34.7 Å². The van der Waals surface area contributed by atoms with Gasteiger partial charge in [-0.2, -0.15) is 18.4 Å². The predicted octanol–water partition coefficient (Wildman–Crippen LogP) is 4.21. The van der Waals surface area contributed by atoms with E-state index in [9.17, 15) is 33.3 Å². The number of halogens is 3. The number of pyridine rings is 1. The molecule has 0 fully saturated rings. The molecule has 0 aliphatic carbocycles. The highest BCUT2D eigenvalue weighted by Gasteiger charge is 2.33. The van der Waals surface area contributed by atoms with Crippen molar-refractivity contribution in [2.45, 2.75) is 31.5 Å². The number of alkyl halides is 3. The first-order valence-electron chi connectivity index (χ1n) is 9.40. The molecule has 2 N–H and O–H groups in total. The first-order chi connectivity index (χ1) is 15.0. The molecular formula is C20H20F3N5O3S. The van der Waals surface area contributed by atoms with Crippen molar-refractivity contribution in [2.75, 3.05) is 24.2 Å². The third kappa shape index (κ3) is 6.84. The summed E-state index contributed by atoms with van der Waals surface area (Å²) >= 11 is 1.15. The lowest BCUT2D eigenvalue weighted by molar-refractivity contribution is -0.384. The van der Waals surface area contributed by atoms with E-state index in [1.165, 1.54) is 0 Å². The monoisotopic (exact) mass is 467 g/mol. The quantitative estimate of drug-likeness (QED) is 0.245. The van der Waals surface area contributed by atoms with Gasteiger partial charge in [0.1, 0.15) is 16.8 Å². The summed E-state index contributed by atoms with van der Waals surface area (Å²) in [4.78, 5) is 26.5. The zero-order valence-corrected chi connectivity index (χ0v) is 18.1. The summed E-state index contributed by atoms with van der Waals surface area (Å²) < 4.78 is 38.2. The van der Waals surface area contributed by atoms with Gasteiger partial charge in [-0.3, -0.25) is 14.9 Å². The number of aromatic nitrogens is 1. The molecule has 1 amide bonds. The van der Waals surface area contributed by atoms with E-state index in [0.29, 0.717) is 23.1 Å². The number of nitro groups is 1. The summed E-state index contributed by atoms with van der Waals surface area (Å²) in [6.07, 6.45) is -4.29. The van der Waals surface area contributed by atoms with Crippen molar-refractivity contribution in [1.29, 1.82) is 5.26 Å². The average molecular weight is 467 g/mol. The molecule has 2 rings (SSSR count). The highest BCUT2D eigenvalue weighted by Crippen LogP contribution is 2.34. The largest absolute Gasteiger partial charge is 0.416 e. The number of carbonyl (C=O) groups is 1. The number of hydrogen-bond acceptors (Lipinski definition) is 7. The number of anilines is 1. The van der Waals surface area contributed by atoms with E-state index in [1.54, 1.807) is 19.9 Å². The standard InChI is InChI=1S/C20H20F3N5O3S/c1-12-8-13(2)27-19(15(12)10-24)32-11-18(29)26-7-3-6-25-16-5-4-14(20(21,22)23)9-17(16)28(30)31/h4-5,8-9,25H,3,6-7,11H2,1-2H3,(H,26,29). The fraction of sp³-hybridized carbons (Fsp3) is 0.350. The molecule has 0 saturated heterocycles. The van der Waals surface area contributed by atoms with Crippen LogP contribution in [0.1, 0.15) is 28.8 Å². The number of hydrogen-bond donors (Lipinski definition) is 2. The van der Waals surface area contributed by atoms with Crippen molar-refractivity contribution in [3.8, 4) is 6.07 Å². The van der Waals surface area contributed by atoms with Crippen LogP contribution in [-0.2, 0) is 11.0 Å². The second-order valence-corrected chi connectivity index (χ2v) is 7.74. The highest BCUT2D eigenvalue weighted by atomic mass is 32.2. The van der Waals surface area contributed by atoms with Crippen molar-refractivity contribution < 1.29 is 22.9 Å². The summed E-state index contributed by atoms with van der Waals surface area (Å²) in [5.41, 5.74) is 0.150. The molecule has 1 aromatic carbocycles. The average Bonchev–Trinajstić information content (AvgIpc) is 2.70. The molecule has 0 bridgehead atoms. The number of rotatable bonds is 9. The first kappa shape index (κ1) is 24.9. The summed E-state index contributed by atoms with van der Waals surface area (Å²) in [7, 11) is 0. The number of nitrogens with one attached hydrogen (secondary N) is 2. The molecule has 0 aliphatic heterocycles. The van der Waals surface area contributed by atoms with Crippen LogP contribution in [0.3, 0.4) is 0 Å². The van der Waals surface area contributed by atoms with Crippen LogP contribution in [0.2, 0.25) is 0 Å². The number of amides is 1. The lowest BCUT2D eigenvalue weighted by Gasteiger charge is -2.11. The SMILES string of the molecule is Cc1cc(C)c(C#N)c(SCC(=O)NCCCNc2ccc(C(F)(F)F)cc2[N+](=O)[O-])n1. The van der Waals surface area contributed by atoms with Crippen molar-refractivity contribution in [3.05, 3.63) is 56.8 Å². The minimum absolute atomic E-state index is 0.0326. The molecule has 8 nitrogen and oxygen atoms in total. The maximum Gasteiger partial charge on any atom is 0.416 e. The van der Waals surface area contributed by atoms with Crippen LogP contribution in [0.15, 0.2) is 29.3 Å². The lowest BCUT2D eigenvalue weighted by Crippen LogP contribution is -2.27. The molecule has 32 heavy (non-hydrogen) atoms. The van der Waals surface area contributed by atoms with Crippen molar-refractivity contribution in [3.63, 3.8) is 0 Å². The highest BCUT2D eigenvalue weighted by molar-refractivity contribution is 8.00. The molecule has 0 saturated carbocycles. The maximum absolute atomic E-state index is 12.7. The molecule has 170 valence electrons. The molecule has 0 radical (unpaired) electrons. The van der Waals surface area contributed by atoms with Gasteiger partial charge in [0, 0.05) is 24.8 Å². The van der Waals surface area contributed by atoms with Crippen LogP contribution in [0.4, 0.5) is 24.5 Å². The van der Waals surface area contributed by atoms with Crippen LogP contribution in [0.25, 0.3) is 0 Å². The number of thioether (sulfide) groups is 1. The Hall–Kier alpha value is -3.33. The van der Waals surface area contributed by atoms with Gasteiger partial charge in [0.15, 0.2) is 0 Å². The van der Waals surface area contributed by atoms with Crippen LogP contribution >= 0.6 is 11.8 Å². The van der Waals surface area contributed by atoms with Gasteiger partial charge in [0.25, 0.3) is 5.69 Å². The van der Waals surface area contributed by atoms with Gasteiger partial charge in [-0.1, -0.05) is 11.8 Å². The summed E-state index contributed by atoms with van der Waals surface area (Å²) in [6.45, 7) is 4.06. The van der Waals surface area contributed by atoms with E-state index in [-0.39, 0.29) is 30.4 Å². The Kier molecular flexibility index (Phi) is 8.42. The van der Waals surface area contributed by atoms with Crippen LogP contribution in [0, 0.1) is 35.3 Å². The van der Waals surface area contributed by atoms with Gasteiger partial charge < -0.3 is 10.6 Å². The van der Waals surface area contributed by atoms with Crippen molar-refractivity contribution >= 4 is 29.0 Å². The van der Waals surface area contributed by atoms with E-state index in [1.807, 2.05) is 0 Å². The van der Waals surface area contributed by atoms with Gasteiger partial charge in [0.05, 0.1) is 21.8 Å². The second-order valence-electron chi connectivity index (χ2n) is 6.78. The molecule has 0 aliphatic rings. The molecule has 2 aromatic rings. The van der Waals surface area contributed by atoms with E-state index in [0.717, 1.165) is 35.2 Å². The number of aryl methyl sites for hydroxylation is 2. The normalized spacial score (nSPS) is 11.0. The minimum Gasteiger partial charge on any atom is -0.379 e. The molecule has 0 unspecified atom stereocenters. The summed E-state index contributed by atoms with van der Waals surface area (Å²) in [6, 6.07) is 6.14. The van der Waals surface area contributed by atoms with Crippen molar-refractivity contribution in [2.24, 2.45) is 0 Å². The summed E-state index contributed by atoms with van der Waals surface area (Å²) in [5, 5.41) is 26.2. The molecule has 1 heterocycles. The maximum atomic E-state index is 12.7. The predicted molar refractivity (Wildman–Crippen MR) is 113 cm³/mol. The topological polar surface area (TPSA) is 121 Å². The fourth-order valence-corrected chi connectivity index (χ4v) is 3.71. The van der Waals surface area contributed by atoms with Crippen LogP contribution < -0.4 is 10.6 Å². The van der Waals surface area contributed by atoms with E-state index >= 15 is 0 Å². The third-order valence-corrected chi connectivity index (χ3v) is 5.25. The second kappa shape index (κ2) is 10.8. The fourth-order valence-electron chi connectivity index (χ4n) is 2.78. The van der Waals surface area contributed by atoms with Crippen LogP contribution in [0.5, 0.6) is 0 Å². The van der Waals surface area contributed by atoms with Gasteiger partial charge >= 0.3 is 6.18 Å². The van der Waals surface area contributed by atoms with Gasteiger partial charge in [-0.25, -0.2) is 4.98 Å². The smallest absolute Gasteiger partial charge is 0.379 e. The Morgan fingerprint density at radius 2 is 2.00 bits per heavy atom. The Morgan fingerprint density at radius 1 is 1.28 bits per heavy atom. The first-order valence-corrected chi connectivity index (χ1v) is 10.4. The Labute approximate surface area is 186 Å². The molecule has 0 atom stereocenters. The Bertz CT molecular complexity index is 1050. The molecular weight excluding hydrogens is 447 g/mol. The van der Waals surface area contributed by atoms with Gasteiger partial charge in [-0.05, 0) is 44.0 Å². The molecule has 1 aromatic heterocycles. The van der Waals surface area contributed by atoms with Crippen molar-refractivity contribution in [1.82, 2.24) is 10.3 Å². The Morgan fingerprint density at radius 3 is 2.62 bits per heavy atom. The molecule has 0 spiro atoms. The number of carbonyl (C=O) groups excluding carboxylic acids is 1. The number of nitro benzene ring substituents is 1. The number of nitriles is 1.